The molecule has 20 heavy (non-hydrogen) atoms. The van der Waals surface area contributed by atoms with Gasteiger partial charge in [-0.15, -0.1) is 0 Å². The fraction of sp³-hybridized carbons (Fsp3) is 0.562. The Morgan fingerprint density at radius 1 is 1.25 bits per heavy atom. The van der Waals surface area contributed by atoms with Gasteiger partial charge in [0.15, 0.2) is 0 Å². The summed E-state index contributed by atoms with van der Waals surface area (Å²) in [4.78, 5) is 12.1. The number of hydrogen-bond acceptors (Lipinski definition) is 2. The summed E-state index contributed by atoms with van der Waals surface area (Å²) in [5.41, 5.74) is 0.840. The van der Waals surface area contributed by atoms with Crippen molar-refractivity contribution in [2.24, 2.45) is 0 Å². The maximum Gasteiger partial charge on any atom is 0.237 e. The largest absolute Gasteiger partial charge is 0.352 e. The summed E-state index contributed by atoms with van der Waals surface area (Å²) in [6.07, 6.45) is 1.85. The van der Waals surface area contributed by atoms with Gasteiger partial charge < -0.3 is 5.32 Å². The van der Waals surface area contributed by atoms with E-state index < -0.39 is 0 Å². The predicted octanol–water partition coefficient (Wildman–Crippen LogP) is 3.17. The summed E-state index contributed by atoms with van der Waals surface area (Å²) in [5, 5.41) is 6.21. The first-order valence-corrected chi connectivity index (χ1v) is 7.29. The zero-order valence-corrected chi connectivity index (χ0v) is 12.7. The van der Waals surface area contributed by atoms with Crippen molar-refractivity contribution in [1.82, 2.24) is 10.6 Å². The summed E-state index contributed by atoms with van der Waals surface area (Å²) in [6.45, 7) is 7.87. The summed E-state index contributed by atoms with van der Waals surface area (Å²) < 4.78 is 13.2. The van der Waals surface area contributed by atoms with Gasteiger partial charge in [-0.25, -0.2) is 4.39 Å². The Kier molecular flexibility index (Phi) is 6.65. The van der Waals surface area contributed by atoms with Crippen LogP contribution >= 0.6 is 0 Å². The Hall–Kier alpha value is -1.42. The average Bonchev–Trinajstić information content (AvgIpc) is 2.44. The van der Waals surface area contributed by atoms with Crippen LogP contribution in [0.25, 0.3) is 0 Å². The third-order valence-electron chi connectivity index (χ3n) is 3.57. The molecule has 112 valence electrons. The van der Waals surface area contributed by atoms with Gasteiger partial charge in [0.2, 0.25) is 5.91 Å². The zero-order chi connectivity index (χ0) is 15.1. The summed E-state index contributed by atoms with van der Waals surface area (Å²) >= 11 is 0. The molecular weight excluding hydrogens is 255 g/mol. The zero-order valence-electron chi connectivity index (χ0n) is 12.7. The Morgan fingerprint density at radius 3 is 2.45 bits per heavy atom. The lowest BCUT2D eigenvalue weighted by Crippen LogP contribution is -2.46. The highest BCUT2D eigenvalue weighted by molar-refractivity contribution is 5.81. The molecule has 3 nitrogen and oxygen atoms in total. The highest BCUT2D eigenvalue weighted by atomic mass is 19.1. The van der Waals surface area contributed by atoms with Crippen molar-refractivity contribution in [3.05, 3.63) is 35.6 Å². The molecule has 0 fully saturated rings. The third kappa shape index (κ3) is 4.93. The van der Waals surface area contributed by atoms with Crippen molar-refractivity contribution in [3.8, 4) is 0 Å². The molecule has 0 bridgehead atoms. The van der Waals surface area contributed by atoms with E-state index in [-0.39, 0.29) is 29.8 Å². The van der Waals surface area contributed by atoms with E-state index in [4.69, 9.17) is 0 Å². The molecule has 2 atom stereocenters. The van der Waals surface area contributed by atoms with E-state index in [0.29, 0.717) is 0 Å². The first-order chi connectivity index (χ1) is 9.47. The van der Waals surface area contributed by atoms with Gasteiger partial charge in [0, 0.05) is 12.1 Å². The van der Waals surface area contributed by atoms with Crippen LogP contribution in [0.2, 0.25) is 0 Å². The SMILES string of the molecule is CCC(CC)NC(=O)C(C)N[C@@H](C)c1cccc(F)c1. The van der Waals surface area contributed by atoms with Crippen molar-refractivity contribution in [1.29, 1.82) is 0 Å². The van der Waals surface area contributed by atoms with Crippen LogP contribution in [0.3, 0.4) is 0 Å². The highest BCUT2D eigenvalue weighted by Gasteiger charge is 2.18. The van der Waals surface area contributed by atoms with Crippen molar-refractivity contribution < 1.29 is 9.18 Å². The molecule has 1 amide bonds. The molecule has 0 aliphatic rings. The lowest BCUT2D eigenvalue weighted by molar-refractivity contribution is -0.123. The number of halogens is 1. The van der Waals surface area contributed by atoms with Crippen LogP contribution < -0.4 is 10.6 Å². The number of amides is 1. The van der Waals surface area contributed by atoms with Gasteiger partial charge in [0.05, 0.1) is 6.04 Å². The molecule has 4 heteroatoms. The van der Waals surface area contributed by atoms with E-state index in [1.807, 2.05) is 19.9 Å². The number of benzene rings is 1. The van der Waals surface area contributed by atoms with Gasteiger partial charge in [-0.05, 0) is 44.4 Å². The van der Waals surface area contributed by atoms with Gasteiger partial charge in [-0.1, -0.05) is 26.0 Å². The maximum atomic E-state index is 13.2. The van der Waals surface area contributed by atoms with E-state index in [1.165, 1.54) is 12.1 Å². The van der Waals surface area contributed by atoms with Gasteiger partial charge in [0.25, 0.3) is 0 Å². The van der Waals surface area contributed by atoms with E-state index in [9.17, 15) is 9.18 Å². The molecule has 1 unspecified atom stereocenters. The normalized spacial score (nSPS) is 14.1. The topological polar surface area (TPSA) is 41.1 Å². The Balaban J connectivity index is 2.56. The Labute approximate surface area is 121 Å². The molecule has 1 aromatic rings. The van der Waals surface area contributed by atoms with Crippen LogP contribution in [0, 0.1) is 5.82 Å². The van der Waals surface area contributed by atoms with Crippen LogP contribution in [-0.2, 0) is 4.79 Å². The number of carbonyl (C=O) groups is 1. The quantitative estimate of drug-likeness (QED) is 0.805. The molecule has 2 N–H and O–H groups in total. The molecule has 1 rings (SSSR count). The second kappa shape index (κ2) is 8.00. The number of nitrogens with one attached hydrogen (secondary N) is 2. The van der Waals surface area contributed by atoms with Crippen LogP contribution in [-0.4, -0.2) is 18.0 Å². The molecule has 1 aromatic carbocycles. The van der Waals surface area contributed by atoms with Crippen LogP contribution in [0.15, 0.2) is 24.3 Å². The van der Waals surface area contributed by atoms with E-state index in [2.05, 4.69) is 24.5 Å². The monoisotopic (exact) mass is 280 g/mol. The molecule has 0 aliphatic heterocycles. The molecule has 0 aromatic heterocycles. The predicted molar refractivity (Wildman–Crippen MR) is 79.9 cm³/mol. The highest BCUT2D eigenvalue weighted by Crippen LogP contribution is 2.14. The third-order valence-corrected chi connectivity index (χ3v) is 3.57. The van der Waals surface area contributed by atoms with Gasteiger partial charge >= 0.3 is 0 Å². The smallest absolute Gasteiger partial charge is 0.237 e. The van der Waals surface area contributed by atoms with E-state index in [0.717, 1.165) is 18.4 Å². The van der Waals surface area contributed by atoms with Crippen molar-refractivity contribution in [2.75, 3.05) is 0 Å². The molecule has 0 aliphatic carbocycles. The number of carbonyl (C=O) groups excluding carboxylic acids is 1. The lowest BCUT2D eigenvalue weighted by atomic mass is 10.1. The standard InChI is InChI=1S/C16H25FN2O/c1-5-15(6-2)19-16(20)12(4)18-11(3)13-8-7-9-14(17)10-13/h7-12,15,18H,5-6H2,1-4H3,(H,19,20)/t11-,12?/m0/s1. The van der Waals surface area contributed by atoms with Crippen molar-refractivity contribution in [2.45, 2.75) is 58.7 Å². The first-order valence-electron chi connectivity index (χ1n) is 7.29. The van der Waals surface area contributed by atoms with Gasteiger partial charge in [0.1, 0.15) is 5.82 Å². The van der Waals surface area contributed by atoms with E-state index in [1.54, 1.807) is 6.07 Å². The number of rotatable bonds is 7. The first kappa shape index (κ1) is 16.6. The molecule has 0 spiro atoms. The minimum atomic E-state index is -0.311. The molecule has 0 saturated carbocycles. The number of hydrogen-bond donors (Lipinski definition) is 2. The van der Waals surface area contributed by atoms with Crippen LogP contribution in [0.5, 0.6) is 0 Å². The molecule has 0 heterocycles. The van der Waals surface area contributed by atoms with Crippen molar-refractivity contribution >= 4 is 5.91 Å². The van der Waals surface area contributed by atoms with Crippen LogP contribution in [0.1, 0.15) is 52.1 Å². The second-order valence-corrected chi connectivity index (χ2v) is 5.19. The summed E-state index contributed by atoms with van der Waals surface area (Å²) in [7, 11) is 0. The van der Waals surface area contributed by atoms with E-state index >= 15 is 0 Å². The maximum absolute atomic E-state index is 13.2. The minimum Gasteiger partial charge on any atom is -0.352 e. The molecular formula is C16H25FN2O. The average molecular weight is 280 g/mol. The van der Waals surface area contributed by atoms with Gasteiger partial charge in [-0.3, -0.25) is 10.1 Å². The Bertz CT molecular complexity index is 432. The summed E-state index contributed by atoms with van der Waals surface area (Å²) in [5.74, 6) is -0.271. The lowest BCUT2D eigenvalue weighted by Gasteiger charge is -2.22. The molecule has 0 radical (unpaired) electrons. The van der Waals surface area contributed by atoms with Gasteiger partial charge in [-0.2, -0.15) is 0 Å². The Morgan fingerprint density at radius 2 is 1.90 bits per heavy atom. The fourth-order valence-corrected chi connectivity index (χ4v) is 2.14. The summed E-state index contributed by atoms with van der Waals surface area (Å²) in [6, 6.07) is 6.27. The second-order valence-electron chi connectivity index (χ2n) is 5.19. The molecule has 0 saturated heterocycles. The van der Waals surface area contributed by atoms with Crippen LogP contribution in [0.4, 0.5) is 4.39 Å². The van der Waals surface area contributed by atoms with Crippen molar-refractivity contribution in [3.63, 3.8) is 0 Å². The minimum absolute atomic E-state index is 0.0121. The fourth-order valence-electron chi connectivity index (χ4n) is 2.14.